The maximum atomic E-state index is 12.7. The Morgan fingerprint density at radius 3 is 2.90 bits per heavy atom. The quantitative estimate of drug-likeness (QED) is 0.805. The molecule has 3 heterocycles. The van der Waals surface area contributed by atoms with Crippen molar-refractivity contribution >= 4 is 22.7 Å². The fraction of sp³-hybridized carbons (Fsp3) is 0.167. The van der Waals surface area contributed by atoms with Crippen LogP contribution in [0.3, 0.4) is 0 Å². The van der Waals surface area contributed by atoms with Gasteiger partial charge in [-0.2, -0.15) is 18.3 Å². The molecule has 0 radical (unpaired) electrons. The van der Waals surface area contributed by atoms with Crippen LogP contribution in [0.2, 0.25) is 0 Å². The highest BCUT2D eigenvalue weighted by molar-refractivity contribution is 7.09. The van der Waals surface area contributed by atoms with Crippen LogP contribution in [0.15, 0.2) is 36.0 Å². The molecule has 104 valence electrons. The summed E-state index contributed by atoms with van der Waals surface area (Å²) < 4.78 is 39.1. The number of anilines is 1. The highest BCUT2D eigenvalue weighted by Crippen LogP contribution is 2.30. The van der Waals surface area contributed by atoms with E-state index in [1.165, 1.54) is 16.9 Å². The van der Waals surface area contributed by atoms with E-state index in [1.54, 1.807) is 11.3 Å². The summed E-state index contributed by atoms with van der Waals surface area (Å²) in [7, 11) is 0. The van der Waals surface area contributed by atoms with Crippen LogP contribution in [-0.2, 0) is 12.7 Å². The van der Waals surface area contributed by atoms with Crippen LogP contribution in [-0.4, -0.2) is 14.6 Å². The lowest BCUT2D eigenvalue weighted by atomic mass is 10.3. The minimum Gasteiger partial charge on any atom is -0.363 e. The molecule has 0 amide bonds. The lowest BCUT2D eigenvalue weighted by Gasteiger charge is -2.04. The van der Waals surface area contributed by atoms with Crippen molar-refractivity contribution in [1.82, 2.24) is 14.6 Å². The van der Waals surface area contributed by atoms with E-state index in [-0.39, 0.29) is 0 Å². The van der Waals surface area contributed by atoms with Gasteiger partial charge in [0.05, 0.1) is 6.54 Å². The molecule has 0 unspecified atom stereocenters. The van der Waals surface area contributed by atoms with E-state index in [9.17, 15) is 13.2 Å². The average molecular weight is 298 g/mol. The summed E-state index contributed by atoms with van der Waals surface area (Å²) >= 11 is 1.56. The largest absolute Gasteiger partial charge is 0.435 e. The van der Waals surface area contributed by atoms with Gasteiger partial charge in [0.1, 0.15) is 5.52 Å². The van der Waals surface area contributed by atoms with E-state index in [4.69, 9.17) is 0 Å². The van der Waals surface area contributed by atoms with E-state index < -0.39 is 11.9 Å². The first-order valence-corrected chi connectivity index (χ1v) is 6.60. The summed E-state index contributed by atoms with van der Waals surface area (Å²) in [6.07, 6.45) is -1.66. The number of aromatic nitrogens is 3. The zero-order valence-electron chi connectivity index (χ0n) is 10.1. The molecule has 4 nitrogen and oxygen atoms in total. The van der Waals surface area contributed by atoms with Crippen molar-refractivity contribution in [3.05, 3.63) is 46.5 Å². The van der Waals surface area contributed by atoms with Crippen molar-refractivity contribution in [2.75, 3.05) is 5.32 Å². The van der Waals surface area contributed by atoms with E-state index >= 15 is 0 Å². The molecule has 3 rings (SSSR count). The SMILES string of the molecule is FC(F)(F)c1cc2c(NCc3cccs3)nccn2n1. The molecule has 0 bridgehead atoms. The van der Waals surface area contributed by atoms with Crippen molar-refractivity contribution in [2.24, 2.45) is 0 Å². The molecule has 0 atom stereocenters. The number of rotatable bonds is 3. The standard InChI is InChI=1S/C12H9F3N4S/c13-12(14,15)10-6-9-11(16-3-4-19(9)18-10)17-7-8-2-1-5-20-8/h1-6H,7H2,(H,16,17). The van der Waals surface area contributed by atoms with Gasteiger partial charge in [0.25, 0.3) is 0 Å². The van der Waals surface area contributed by atoms with E-state index in [2.05, 4.69) is 15.4 Å². The van der Waals surface area contributed by atoms with Crippen LogP contribution in [0.25, 0.3) is 5.52 Å². The molecule has 0 aliphatic heterocycles. The first-order chi connectivity index (χ1) is 9.54. The molecular weight excluding hydrogens is 289 g/mol. The highest BCUT2D eigenvalue weighted by atomic mass is 32.1. The molecule has 8 heteroatoms. The van der Waals surface area contributed by atoms with Gasteiger partial charge < -0.3 is 5.32 Å². The number of hydrogen-bond acceptors (Lipinski definition) is 4. The smallest absolute Gasteiger partial charge is 0.363 e. The molecule has 0 saturated carbocycles. The van der Waals surface area contributed by atoms with E-state index in [1.807, 2.05) is 17.5 Å². The molecule has 3 aromatic heterocycles. The number of fused-ring (bicyclic) bond motifs is 1. The number of nitrogens with one attached hydrogen (secondary N) is 1. The number of hydrogen-bond donors (Lipinski definition) is 1. The van der Waals surface area contributed by atoms with Gasteiger partial charge in [0.2, 0.25) is 0 Å². The lowest BCUT2D eigenvalue weighted by Crippen LogP contribution is -2.05. The Bertz CT molecular complexity index is 718. The van der Waals surface area contributed by atoms with Crippen molar-refractivity contribution in [3.63, 3.8) is 0 Å². The Hall–Kier alpha value is -2.09. The zero-order chi connectivity index (χ0) is 14.2. The number of alkyl halides is 3. The molecule has 0 saturated heterocycles. The Morgan fingerprint density at radius 1 is 1.35 bits per heavy atom. The van der Waals surface area contributed by atoms with E-state index in [0.29, 0.717) is 17.9 Å². The van der Waals surface area contributed by atoms with Crippen LogP contribution in [0.1, 0.15) is 10.6 Å². The monoisotopic (exact) mass is 298 g/mol. The van der Waals surface area contributed by atoms with Gasteiger partial charge in [-0.3, -0.25) is 0 Å². The van der Waals surface area contributed by atoms with Gasteiger partial charge in [-0.1, -0.05) is 6.07 Å². The second kappa shape index (κ2) is 4.78. The zero-order valence-corrected chi connectivity index (χ0v) is 10.9. The second-order valence-electron chi connectivity index (χ2n) is 4.07. The molecule has 1 N–H and O–H groups in total. The first-order valence-electron chi connectivity index (χ1n) is 5.72. The summed E-state index contributed by atoms with van der Waals surface area (Å²) in [6.45, 7) is 0.511. The summed E-state index contributed by atoms with van der Waals surface area (Å²) in [4.78, 5) is 5.14. The Kier molecular flexibility index (Phi) is 3.09. The normalized spacial score (nSPS) is 11.9. The van der Waals surface area contributed by atoms with Gasteiger partial charge in [-0.25, -0.2) is 9.50 Å². The van der Waals surface area contributed by atoms with Crippen LogP contribution < -0.4 is 5.32 Å². The molecule has 0 fully saturated rings. The summed E-state index contributed by atoms with van der Waals surface area (Å²) in [5.41, 5.74) is -0.624. The minimum absolute atomic E-state index is 0.302. The molecular formula is C12H9F3N4S. The summed E-state index contributed by atoms with van der Waals surface area (Å²) in [6, 6.07) is 4.84. The fourth-order valence-corrected chi connectivity index (χ4v) is 2.43. The minimum atomic E-state index is -4.46. The fourth-order valence-electron chi connectivity index (χ4n) is 1.78. The molecule has 0 spiro atoms. The second-order valence-corrected chi connectivity index (χ2v) is 5.10. The third kappa shape index (κ3) is 2.46. The van der Waals surface area contributed by atoms with E-state index in [0.717, 1.165) is 10.9 Å². The van der Waals surface area contributed by atoms with Gasteiger partial charge in [0, 0.05) is 23.3 Å². The summed E-state index contributed by atoms with van der Waals surface area (Å²) in [5.74, 6) is 0.379. The van der Waals surface area contributed by atoms with Crippen LogP contribution in [0.5, 0.6) is 0 Å². The molecule has 0 aliphatic carbocycles. The van der Waals surface area contributed by atoms with Gasteiger partial charge in [0.15, 0.2) is 11.5 Å². The molecule has 3 aromatic rings. The van der Waals surface area contributed by atoms with Crippen LogP contribution in [0, 0.1) is 0 Å². The lowest BCUT2D eigenvalue weighted by molar-refractivity contribution is -0.141. The predicted octanol–water partition coefficient (Wildman–Crippen LogP) is 3.42. The number of nitrogens with zero attached hydrogens (tertiary/aromatic N) is 3. The maximum absolute atomic E-state index is 12.7. The Morgan fingerprint density at radius 2 is 2.20 bits per heavy atom. The number of thiophene rings is 1. The third-order valence-corrected chi connectivity index (χ3v) is 3.57. The van der Waals surface area contributed by atoms with Crippen molar-refractivity contribution in [2.45, 2.75) is 12.7 Å². The maximum Gasteiger partial charge on any atom is 0.435 e. The van der Waals surface area contributed by atoms with Crippen molar-refractivity contribution in [3.8, 4) is 0 Å². The predicted molar refractivity (Wildman–Crippen MR) is 69.6 cm³/mol. The first kappa shape index (κ1) is 12.9. The molecule has 20 heavy (non-hydrogen) atoms. The van der Waals surface area contributed by atoms with Gasteiger partial charge in [-0.05, 0) is 11.4 Å². The topological polar surface area (TPSA) is 42.2 Å². The van der Waals surface area contributed by atoms with Crippen LogP contribution >= 0.6 is 11.3 Å². The summed E-state index contributed by atoms with van der Waals surface area (Å²) in [5, 5.41) is 8.47. The van der Waals surface area contributed by atoms with Crippen LogP contribution in [0.4, 0.5) is 19.0 Å². The number of halogens is 3. The van der Waals surface area contributed by atoms with Crippen molar-refractivity contribution < 1.29 is 13.2 Å². The van der Waals surface area contributed by atoms with Gasteiger partial charge in [-0.15, -0.1) is 11.3 Å². The third-order valence-electron chi connectivity index (χ3n) is 2.69. The van der Waals surface area contributed by atoms with Crippen molar-refractivity contribution in [1.29, 1.82) is 0 Å². The molecule has 0 aromatic carbocycles. The molecule has 0 aliphatic rings. The Labute approximate surface area is 115 Å². The highest BCUT2D eigenvalue weighted by Gasteiger charge is 2.34. The average Bonchev–Trinajstić information content (AvgIpc) is 3.04. The van der Waals surface area contributed by atoms with Gasteiger partial charge >= 0.3 is 6.18 Å². The Balaban J connectivity index is 1.92.